The Hall–Kier alpha value is -1.69. The van der Waals surface area contributed by atoms with Gasteiger partial charge in [-0.25, -0.2) is 8.78 Å². The Labute approximate surface area is 134 Å². The fourth-order valence-corrected chi connectivity index (χ4v) is 1.98. The highest BCUT2D eigenvalue weighted by molar-refractivity contribution is 5.85. The Morgan fingerprint density at radius 2 is 1.64 bits per heavy atom. The van der Waals surface area contributed by atoms with Gasteiger partial charge in [0.1, 0.15) is 24.0 Å². The van der Waals surface area contributed by atoms with E-state index in [0.717, 1.165) is 11.6 Å². The fourth-order valence-electron chi connectivity index (χ4n) is 1.98. The largest absolute Gasteiger partial charge is 0.489 e. The van der Waals surface area contributed by atoms with E-state index >= 15 is 0 Å². The molecule has 0 spiro atoms. The summed E-state index contributed by atoms with van der Waals surface area (Å²) in [5.74, 6) is -0.669. The molecule has 120 valence electrons. The number of ether oxygens (including phenoxy) is 1. The van der Waals surface area contributed by atoms with E-state index in [1.165, 1.54) is 12.1 Å². The maximum atomic E-state index is 13.0. The molecule has 2 aromatic carbocycles. The van der Waals surface area contributed by atoms with Crippen LogP contribution in [0.3, 0.4) is 0 Å². The number of aliphatic hydroxyl groups is 1. The molecule has 0 saturated heterocycles. The highest BCUT2D eigenvalue weighted by atomic mass is 35.5. The molecular formula is C16H18ClF2NO2. The van der Waals surface area contributed by atoms with Crippen LogP contribution < -0.4 is 10.5 Å². The lowest BCUT2D eigenvalue weighted by Gasteiger charge is -2.12. The molecule has 0 saturated carbocycles. The van der Waals surface area contributed by atoms with E-state index in [-0.39, 0.29) is 31.7 Å². The average molecular weight is 330 g/mol. The quantitative estimate of drug-likeness (QED) is 0.854. The number of hydrogen-bond donors (Lipinski definition) is 2. The van der Waals surface area contributed by atoms with Gasteiger partial charge in [0.15, 0.2) is 0 Å². The first-order valence-electron chi connectivity index (χ1n) is 6.62. The maximum absolute atomic E-state index is 13.0. The molecule has 1 unspecified atom stereocenters. The number of hydrogen-bond acceptors (Lipinski definition) is 3. The van der Waals surface area contributed by atoms with E-state index in [9.17, 15) is 8.78 Å². The molecule has 0 amide bonds. The number of benzene rings is 2. The zero-order valence-corrected chi connectivity index (χ0v) is 12.7. The van der Waals surface area contributed by atoms with E-state index in [1.807, 2.05) is 12.1 Å². The molecule has 2 aromatic rings. The SMILES string of the molecule is Cl.NC(CCO)c1ccc(OCc2cc(F)cc(F)c2)cc1. The van der Waals surface area contributed by atoms with E-state index in [1.54, 1.807) is 12.1 Å². The van der Waals surface area contributed by atoms with Gasteiger partial charge in [0.05, 0.1) is 0 Å². The smallest absolute Gasteiger partial charge is 0.126 e. The van der Waals surface area contributed by atoms with Crippen LogP contribution in [0.25, 0.3) is 0 Å². The van der Waals surface area contributed by atoms with Crippen LogP contribution in [0.15, 0.2) is 42.5 Å². The van der Waals surface area contributed by atoms with Crippen LogP contribution in [0.4, 0.5) is 8.78 Å². The minimum absolute atomic E-state index is 0. The van der Waals surface area contributed by atoms with Gasteiger partial charge in [0.2, 0.25) is 0 Å². The first-order valence-corrected chi connectivity index (χ1v) is 6.62. The summed E-state index contributed by atoms with van der Waals surface area (Å²) in [6.07, 6.45) is 0.489. The summed E-state index contributed by atoms with van der Waals surface area (Å²) in [5.41, 5.74) is 7.19. The van der Waals surface area contributed by atoms with Crippen LogP contribution in [0.2, 0.25) is 0 Å². The van der Waals surface area contributed by atoms with Gasteiger partial charge in [0, 0.05) is 18.7 Å². The zero-order valence-electron chi connectivity index (χ0n) is 11.8. The summed E-state index contributed by atoms with van der Waals surface area (Å²) in [4.78, 5) is 0. The van der Waals surface area contributed by atoms with Crippen molar-refractivity contribution in [3.63, 3.8) is 0 Å². The van der Waals surface area contributed by atoms with E-state index in [4.69, 9.17) is 15.6 Å². The van der Waals surface area contributed by atoms with E-state index in [0.29, 0.717) is 17.7 Å². The second kappa shape index (κ2) is 8.68. The van der Waals surface area contributed by atoms with Gasteiger partial charge in [0.25, 0.3) is 0 Å². The van der Waals surface area contributed by atoms with Crippen LogP contribution in [0, 0.1) is 11.6 Å². The summed E-state index contributed by atoms with van der Waals surface area (Å²) in [5, 5.41) is 8.84. The first kappa shape index (κ1) is 18.4. The average Bonchev–Trinajstić information content (AvgIpc) is 2.45. The molecule has 22 heavy (non-hydrogen) atoms. The molecule has 0 aliphatic heterocycles. The minimum atomic E-state index is -0.626. The standard InChI is InChI=1S/C16H17F2NO2.ClH/c17-13-7-11(8-14(18)9-13)10-21-15-3-1-12(2-4-15)16(19)5-6-20;/h1-4,7-9,16,20H,5-6,10,19H2;1H. The minimum Gasteiger partial charge on any atom is -0.489 e. The Bertz CT molecular complexity index is 573. The predicted molar refractivity (Wildman–Crippen MR) is 83.0 cm³/mol. The zero-order chi connectivity index (χ0) is 15.2. The van der Waals surface area contributed by atoms with Crippen molar-refractivity contribution in [2.45, 2.75) is 19.1 Å². The molecule has 0 bridgehead atoms. The molecule has 1 atom stereocenters. The third-order valence-electron chi connectivity index (χ3n) is 3.08. The lowest BCUT2D eigenvalue weighted by molar-refractivity contribution is 0.276. The van der Waals surface area contributed by atoms with Gasteiger partial charge < -0.3 is 15.6 Å². The molecule has 3 N–H and O–H groups in total. The van der Waals surface area contributed by atoms with E-state index < -0.39 is 11.6 Å². The van der Waals surface area contributed by atoms with Crippen LogP contribution >= 0.6 is 12.4 Å². The van der Waals surface area contributed by atoms with Crippen LogP contribution in [0.5, 0.6) is 5.75 Å². The molecule has 6 heteroatoms. The topological polar surface area (TPSA) is 55.5 Å². The first-order chi connectivity index (χ1) is 10.1. The molecule has 2 rings (SSSR count). The van der Waals surface area contributed by atoms with Crippen molar-refractivity contribution in [1.82, 2.24) is 0 Å². The number of rotatable bonds is 6. The second-order valence-corrected chi connectivity index (χ2v) is 4.75. The maximum Gasteiger partial charge on any atom is 0.126 e. The highest BCUT2D eigenvalue weighted by Gasteiger charge is 2.06. The lowest BCUT2D eigenvalue weighted by Crippen LogP contribution is -2.11. The van der Waals surface area contributed by atoms with Crippen molar-refractivity contribution >= 4 is 12.4 Å². The van der Waals surface area contributed by atoms with Gasteiger partial charge >= 0.3 is 0 Å². The number of aliphatic hydroxyl groups excluding tert-OH is 1. The van der Waals surface area contributed by atoms with Crippen molar-refractivity contribution in [2.24, 2.45) is 5.73 Å². The van der Waals surface area contributed by atoms with Crippen molar-refractivity contribution < 1.29 is 18.6 Å². The molecule has 0 aliphatic carbocycles. The third-order valence-corrected chi connectivity index (χ3v) is 3.08. The predicted octanol–water partition coefficient (Wildman–Crippen LogP) is 3.35. The Kier molecular flexibility index (Phi) is 7.24. The summed E-state index contributed by atoms with van der Waals surface area (Å²) < 4.78 is 31.5. The van der Waals surface area contributed by atoms with Crippen LogP contribution in [0.1, 0.15) is 23.6 Å². The highest BCUT2D eigenvalue weighted by Crippen LogP contribution is 2.19. The van der Waals surface area contributed by atoms with Crippen molar-refractivity contribution in [1.29, 1.82) is 0 Å². The molecule has 0 aromatic heterocycles. The van der Waals surface area contributed by atoms with E-state index in [2.05, 4.69) is 0 Å². The normalized spacial score (nSPS) is 11.6. The molecule has 3 nitrogen and oxygen atoms in total. The molecule has 0 aliphatic rings. The van der Waals surface area contributed by atoms with Crippen LogP contribution in [-0.2, 0) is 6.61 Å². The summed E-state index contributed by atoms with van der Waals surface area (Å²) in [7, 11) is 0. The molecule has 0 heterocycles. The second-order valence-electron chi connectivity index (χ2n) is 4.75. The number of halogens is 3. The number of nitrogens with two attached hydrogens (primary N) is 1. The van der Waals surface area contributed by atoms with Gasteiger partial charge in [-0.05, 0) is 41.8 Å². The van der Waals surface area contributed by atoms with Gasteiger partial charge in [-0.1, -0.05) is 12.1 Å². The Morgan fingerprint density at radius 1 is 1.05 bits per heavy atom. The van der Waals surface area contributed by atoms with Crippen molar-refractivity contribution in [3.8, 4) is 5.75 Å². The van der Waals surface area contributed by atoms with Crippen molar-refractivity contribution in [3.05, 3.63) is 65.2 Å². The summed E-state index contributed by atoms with van der Waals surface area (Å²) in [6.45, 7) is 0.112. The van der Waals surface area contributed by atoms with Crippen molar-refractivity contribution in [2.75, 3.05) is 6.61 Å². The molecular weight excluding hydrogens is 312 g/mol. The van der Waals surface area contributed by atoms with Gasteiger partial charge in [-0.3, -0.25) is 0 Å². The Morgan fingerprint density at radius 3 is 2.18 bits per heavy atom. The van der Waals surface area contributed by atoms with Gasteiger partial charge in [-0.2, -0.15) is 0 Å². The molecule has 0 radical (unpaired) electrons. The monoisotopic (exact) mass is 329 g/mol. The fraction of sp³-hybridized carbons (Fsp3) is 0.250. The Balaban J connectivity index is 0.00000242. The summed E-state index contributed by atoms with van der Waals surface area (Å²) in [6, 6.07) is 10.2. The van der Waals surface area contributed by atoms with Gasteiger partial charge in [-0.15, -0.1) is 12.4 Å². The molecule has 0 fully saturated rings. The third kappa shape index (κ3) is 5.26. The van der Waals surface area contributed by atoms with Crippen LogP contribution in [-0.4, -0.2) is 11.7 Å². The summed E-state index contributed by atoms with van der Waals surface area (Å²) >= 11 is 0. The lowest BCUT2D eigenvalue weighted by atomic mass is 10.1.